The van der Waals surface area contributed by atoms with Crippen molar-refractivity contribution >= 4 is 38.5 Å². The molecule has 0 bridgehead atoms. The van der Waals surface area contributed by atoms with E-state index in [9.17, 15) is 22.0 Å². The Morgan fingerprint density at radius 2 is 1.71 bits per heavy atom. The monoisotopic (exact) mass is 443 g/mol. The van der Waals surface area contributed by atoms with Crippen molar-refractivity contribution in [3.63, 3.8) is 0 Å². The van der Waals surface area contributed by atoms with E-state index >= 15 is 0 Å². The van der Waals surface area contributed by atoms with E-state index in [4.69, 9.17) is 0 Å². The highest BCUT2D eigenvalue weighted by atomic mass is 32.2. The zero-order valence-electron chi connectivity index (χ0n) is 16.0. The molecule has 1 amide bonds. The second-order valence-corrected chi connectivity index (χ2v) is 8.25. The summed E-state index contributed by atoms with van der Waals surface area (Å²) < 4.78 is 55.9. The number of amides is 1. The molecule has 0 radical (unpaired) electrons. The minimum Gasteiger partial charge on any atom is -0.337 e. The molecule has 4 rings (SSSR count). The molecule has 0 saturated carbocycles. The Kier molecular flexibility index (Phi) is 5.11. The molecular formula is C20H15F2N5O3S. The van der Waals surface area contributed by atoms with Crippen LogP contribution in [0.4, 0.5) is 20.4 Å². The molecule has 2 heterocycles. The van der Waals surface area contributed by atoms with E-state index in [-0.39, 0.29) is 27.4 Å². The summed E-state index contributed by atoms with van der Waals surface area (Å²) in [6.07, 6.45) is 2.80. The number of sulfonamides is 1. The lowest BCUT2D eigenvalue weighted by Crippen LogP contribution is -2.16. The summed E-state index contributed by atoms with van der Waals surface area (Å²) in [4.78, 5) is 20.2. The first-order chi connectivity index (χ1) is 14.7. The van der Waals surface area contributed by atoms with Crippen molar-refractivity contribution in [2.24, 2.45) is 7.05 Å². The van der Waals surface area contributed by atoms with Gasteiger partial charge in [-0.05, 0) is 42.5 Å². The lowest BCUT2D eigenvalue weighted by Gasteiger charge is -2.09. The number of hydrogen-bond acceptors (Lipinski definition) is 5. The van der Waals surface area contributed by atoms with Gasteiger partial charge < -0.3 is 9.88 Å². The van der Waals surface area contributed by atoms with Crippen LogP contribution in [0.1, 0.15) is 10.5 Å². The summed E-state index contributed by atoms with van der Waals surface area (Å²) in [5.41, 5.74) is 0.526. The lowest BCUT2D eigenvalue weighted by molar-refractivity contribution is 0.101. The van der Waals surface area contributed by atoms with Gasteiger partial charge in [0.25, 0.3) is 15.9 Å². The molecule has 0 aliphatic carbocycles. The van der Waals surface area contributed by atoms with Crippen LogP contribution >= 0.6 is 0 Å². The fraction of sp³-hybridized carbons (Fsp3) is 0.0500. The molecule has 0 aliphatic rings. The van der Waals surface area contributed by atoms with Crippen LogP contribution in [-0.2, 0) is 17.1 Å². The maximum atomic E-state index is 14.1. The number of anilines is 2. The van der Waals surface area contributed by atoms with Gasteiger partial charge in [-0.25, -0.2) is 31.9 Å². The summed E-state index contributed by atoms with van der Waals surface area (Å²) in [6.45, 7) is 0. The number of aryl methyl sites for hydroxylation is 1. The molecule has 0 aliphatic heterocycles. The fourth-order valence-corrected chi connectivity index (χ4v) is 4.03. The van der Waals surface area contributed by atoms with Crippen molar-refractivity contribution < 1.29 is 22.0 Å². The van der Waals surface area contributed by atoms with Gasteiger partial charge in [-0.2, -0.15) is 0 Å². The second kappa shape index (κ2) is 7.76. The number of benzene rings is 2. The van der Waals surface area contributed by atoms with Gasteiger partial charge in [0.1, 0.15) is 17.3 Å². The van der Waals surface area contributed by atoms with Crippen LogP contribution in [-0.4, -0.2) is 28.9 Å². The maximum Gasteiger partial charge on any atom is 0.272 e. The third-order valence-electron chi connectivity index (χ3n) is 4.49. The molecule has 31 heavy (non-hydrogen) atoms. The van der Waals surface area contributed by atoms with Crippen LogP contribution < -0.4 is 10.0 Å². The van der Waals surface area contributed by atoms with Crippen LogP contribution in [0.15, 0.2) is 65.8 Å². The Morgan fingerprint density at radius 1 is 1.03 bits per heavy atom. The predicted octanol–water partition coefficient (Wildman–Crippen LogP) is 3.30. The molecule has 0 unspecified atom stereocenters. The normalized spacial score (nSPS) is 11.5. The summed E-state index contributed by atoms with van der Waals surface area (Å²) in [5.74, 6) is -2.15. The van der Waals surface area contributed by atoms with E-state index in [0.29, 0.717) is 5.69 Å². The van der Waals surface area contributed by atoms with Gasteiger partial charge in [-0.15, -0.1) is 0 Å². The number of halogens is 2. The third kappa shape index (κ3) is 4.08. The smallest absolute Gasteiger partial charge is 0.272 e. The van der Waals surface area contributed by atoms with E-state index in [2.05, 4.69) is 20.0 Å². The van der Waals surface area contributed by atoms with Gasteiger partial charge in [0, 0.05) is 36.6 Å². The number of rotatable bonds is 5. The van der Waals surface area contributed by atoms with Gasteiger partial charge in [-0.1, -0.05) is 0 Å². The maximum absolute atomic E-state index is 14.1. The zero-order chi connectivity index (χ0) is 22.2. The number of aromatic nitrogens is 3. The molecule has 2 aromatic heterocycles. The first-order valence-electron chi connectivity index (χ1n) is 8.90. The topological polar surface area (TPSA) is 106 Å². The molecule has 158 valence electrons. The highest BCUT2D eigenvalue weighted by Gasteiger charge is 2.18. The Morgan fingerprint density at radius 3 is 2.39 bits per heavy atom. The van der Waals surface area contributed by atoms with Crippen LogP contribution in [0.3, 0.4) is 0 Å². The van der Waals surface area contributed by atoms with Gasteiger partial charge in [-0.3, -0.25) is 4.79 Å². The first-order valence-corrected chi connectivity index (χ1v) is 10.4. The van der Waals surface area contributed by atoms with E-state index in [1.807, 2.05) is 0 Å². The molecule has 2 N–H and O–H groups in total. The second-order valence-electron chi connectivity index (χ2n) is 6.57. The Labute approximate surface area is 175 Å². The quantitative estimate of drug-likeness (QED) is 0.492. The summed E-state index contributed by atoms with van der Waals surface area (Å²) in [7, 11) is -2.42. The SMILES string of the molecule is Cn1c(C(=O)Nc2ccc(S(=O)(=O)Nc3ncccn3)cc2)cc2cc(F)cc(F)c21. The molecule has 4 aromatic rings. The first kappa shape index (κ1) is 20.4. The molecule has 0 spiro atoms. The average Bonchev–Trinajstić information content (AvgIpc) is 3.05. The molecule has 11 heteroatoms. The molecule has 0 fully saturated rings. The van der Waals surface area contributed by atoms with Crippen molar-refractivity contribution in [3.05, 3.63) is 78.3 Å². The zero-order valence-corrected chi connectivity index (χ0v) is 16.8. The number of carbonyl (C=O) groups is 1. The summed E-state index contributed by atoms with van der Waals surface area (Å²) >= 11 is 0. The van der Waals surface area contributed by atoms with Crippen molar-refractivity contribution in [2.75, 3.05) is 10.0 Å². The predicted molar refractivity (Wildman–Crippen MR) is 110 cm³/mol. The summed E-state index contributed by atoms with van der Waals surface area (Å²) in [6, 6.07) is 10.2. The molecule has 0 atom stereocenters. The molecule has 2 aromatic carbocycles. The van der Waals surface area contributed by atoms with E-state index in [1.54, 1.807) is 6.07 Å². The third-order valence-corrected chi connectivity index (χ3v) is 5.84. The van der Waals surface area contributed by atoms with E-state index in [0.717, 1.165) is 12.1 Å². The van der Waals surface area contributed by atoms with Crippen molar-refractivity contribution in [1.29, 1.82) is 0 Å². The fourth-order valence-electron chi connectivity index (χ4n) is 3.08. The van der Waals surface area contributed by atoms with Gasteiger partial charge in [0.15, 0.2) is 0 Å². The van der Waals surface area contributed by atoms with Crippen LogP contribution in [0.25, 0.3) is 10.9 Å². The van der Waals surface area contributed by atoms with Gasteiger partial charge in [0.2, 0.25) is 5.95 Å². The standard InChI is InChI=1S/C20H15F2N5O3S/c1-27-17(10-12-9-13(21)11-16(22)18(12)27)19(28)25-14-3-5-15(6-4-14)31(29,30)26-20-23-7-2-8-24-20/h2-11H,1H3,(H,25,28)(H,23,24,26). The average molecular weight is 443 g/mol. The van der Waals surface area contributed by atoms with Crippen molar-refractivity contribution in [3.8, 4) is 0 Å². The minimum atomic E-state index is -3.91. The van der Waals surface area contributed by atoms with Crippen LogP contribution in [0.5, 0.6) is 0 Å². The van der Waals surface area contributed by atoms with E-state index < -0.39 is 27.6 Å². The molecule has 0 saturated heterocycles. The summed E-state index contributed by atoms with van der Waals surface area (Å²) in [5, 5.41) is 2.86. The number of fused-ring (bicyclic) bond motifs is 1. The Bertz CT molecular complexity index is 1390. The van der Waals surface area contributed by atoms with Crippen LogP contribution in [0, 0.1) is 11.6 Å². The molecule has 8 nitrogen and oxygen atoms in total. The number of nitrogens with one attached hydrogen (secondary N) is 2. The highest BCUT2D eigenvalue weighted by Crippen LogP contribution is 2.24. The van der Waals surface area contributed by atoms with Crippen molar-refractivity contribution in [1.82, 2.24) is 14.5 Å². The van der Waals surface area contributed by atoms with E-state index in [1.165, 1.54) is 54.3 Å². The Hall–Kier alpha value is -3.86. The highest BCUT2D eigenvalue weighted by molar-refractivity contribution is 7.92. The lowest BCUT2D eigenvalue weighted by atomic mass is 10.2. The number of carbonyl (C=O) groups excluding carboxylic acids is 1. The number of nitrogens with zero attached hydrogens (tertiary/aromatic N) is 3. The Balaban J connectivity index is 1.54. The van der Waals surface area contributed by atoms with Gasteiger partial charge in [0.05, 0.1) is 10.4 Å². The van der Waals surface area contributed by atoms with Gasteiger partial charge >= 0.3 is 0 Å². The largest absolute Gasteiger partial charge is 0.337 e. The van der Waals surface area contributed by atoms with Crippen LogP contribution in [0.2, 0.25) is 0 Å². The number of hydrogen-bond donors (Lipinski definition) is 2. The van der Waals surface area contributed by atoms with Crippen molar-refractivity contribution in [2.45, 2.75) is 4.90 Å². The molecular weight excluding hydrogens is 428 g/mol. The minimum absolute atomic E-state index is 0.0555.